The van der Waals surface area contributed by atoms with Gasteiger partial charge in [0.15, 0.2) is 0 Å². The number of H-pyrrole nitrogens is 1. The molecular formula is C6H4N4S. The van der Waals surface area contributed by atoms with Gasteiger partial charge in [-0.25, -0.2) is 0 Å². The second-order valence-electron chi connectivity index (χ2n) is 2.09. The number of aromatic amines is 1. The summed E-state index contributed by atoms with van der Waals surface area (Å²) >= 11 is 4.52. The van der Waals surface area contributed by atoms with Crippen LogP contribution in [0.4, 0.5) is 5.69 Å². The van der Waals surface area contributed by atoms with Gasteiger partial charge in [0.05, 0.1) is 5.69 Å². The Balaban J connectivity index is 2.76. The van der Waals surface area contributed by atoms with E-state index in [4.69, 9.17) is 0 Å². The molecule has 0 saturated heterocycles. The third-order valence-electron chi connectivity index (χ3n) is 1.41. The molecule has 5 heteroatoms. The van der Waals surface area contributed by atoms with Crippen molar-refractivity contribution in [2.24, 2.45) is 4.36 Å². The molecule has 1 heterocycles. The van der Waals surface area contributed by atoms with E-state index in [9.17, 15) is 0 Å². The molecule has 0 fully saturated rings. The van der Waals surface area contributed by atoms with Crippen molar-refractivity contribution < 1.29 is 0 Å². The highest BCUT2D eigenvalue weighted by molar-refractivity contribution is 7.47. The molecule has 0 radical (unpaired) electrons. The van der Waals surface area contributed by atoms with Gasteiger partial charge >= 0.3 is 0 Å². The summed E-state index contributed by atoms with van der Waals surface area (Å²) in [6, 6.07) is 5.41. The Hall–Kier alpha value is -1.36. The van der Waals surface area contributed by atoms with E-state index in [1.807, 2.05) is 6.07 Å². The van der Waals surface area contributed by atoms with Gasteiger partial charge < -0.3 is 0 Å². The lowest BCUT2D eigenvalue weighted by Crippen LogP contribution is -1.67. The standard InChI is InChI=1S/C6H4N4S/c11-9-4-1-2-5-6(3-4)8-10-7-5/h1-3H,(H,7,8,10). The normalized spacial score (nSPS) is 10.2. The zero-order valence-corrected chi connectivity index (χ0v) is 6.30. The highest BCUT2D eigenvalue weighted by Crippen LogP contribution is 2.16. The van der Waals surface area contributed by atoms with Gasteiger partial charge in [0.2, 0.25) is 0 Å². The highest BCUT2D eigenvalue weighted by atomic mass is 32.1. The number of hydrogen-bond acceptors (Lipinski definition) is 4. The van der Waals surface area contributed by atoms with E-state index in [-0.39, 0.29) is 0 Å². The van der Waals surface area contributed by atoms with Crippen LogP contribution >= 0.6 is 0 Å². The lowest BCUT2D eigenvalue weighted by Gasteiger charge is -1.86. The van der Waals surface area contributed by atoms with Crippen LogP contribution in [0.15, 0.2) is 22.6 Å². The fraction of sp³-hybridized carbons (Fsp3) is 0. The van der Waals surface area contributed by atoms with Crippen LogP contribution in [0.25, 0.3) is 11.0 Å². The van der Waals surface area contributed by atoms with Crippen LogP contribution in [0.3, 0.4) is 0 Å². The van der Waals surface area contributed by atoms with Crippen LogP contribution in [0.1, 0.15) is 0 Å². The van der Waals surface area contributed by atoms with Gasteiger partial charge in [-0.1, -0.05) is 0 Å². The average molecular weight is 164 g/mol. The van der Waals surface area contributed by atoms with Crippen molar-refractivity contribution in [1.82, 2.24) is 15.4 Å². The SMILES string of the molecule is S=Nc1ccc2n[nH]nc2c1. The number of nitrogens with one attached hydrogen (secondary N) is 1. The maximum atomic E-state index is 4.52. The number of fused-ring (bicyclic) bond motifs is 1. The fourth-order valence-electron chi connectivity index (χ4n) is 0.885. The third kappa shape index (κ3) is 0.988. The van der Waals surface area contributed by atoms with E-state index in [1.165, 1.54) is 0 Å². The predicted molar refractivity (Wildman–Crippen MR) is 43.3 cm³/mol. The first-order chi connectivity index (χ1) is 5.40. The quantitative estimate of drug-likeness (QED) is 0.691. The zero-order valence-electron chi connectivity index (χ0n) is 5.48. The molecule has 0 bridgehead atoms. The summed E-state index contributed by atoms with van der Waals surface area (Å²) in [4.78, 5) is 0. The summed E-state index contributed by atoms with van der Waals surface area (Å²) in [5, 5.41) is 10.3. The Morgan fingerprint density at radius 2 is 2.09 bits per heavy atom. The smallest absolute Gasteiger partial charge is 0.115 e. The first-order valence-electron chi connectivity index (χ1n) is 3.04. The Morgan fingerprint density at radius 3 is 2.91 bits per heavy atom. The molecule has 0 spiro atoms. The van der Waals surface area contributed by atoms with Gasteiger partial charge in [-0.3, -0.25) is 0 Å². The molecule has 0 aliphatic rings. The molecule has 0 aliphatic heterocycles. The zero-order chi connectivity index (χ0) is 7.68. The van der Waals surface area contributed by atoms with Crippen LogP contribution in [0.2, 0.25) is 0 Å². The number of aromatic nitrogens is 3. The third-order valence-corrected chi connectivity index (χ3v) is 1.62. The first-order valence-corrected chi connectivity index (χ1v) is 3.40. The molecule has 0 amide bonds. The van der Waals surface area contributed by atoms with Crippen LogP contribution < -0.4 is 0 Å². The molecule has 1 aromatic heterocycles. The Bertz CT molecular complexity index is 394. The van der Waals surface area contributed by atoms with E-state index in [2.05, 4.69) is 32.2 Å². The predicted octanol–water partition coefficient (Wildman–Crippen LogP) is 1.32. The minimum atomic E-state index is 0.737. The summed E-state index contributed by atoms with van der Waals surface area (Å²) < 4.78 is 3.60. The Kier molecular flexibility index (Phi) is 1.36. The molecule has 0 saturated carbocycles. The van der Waals surface area contributed by atoms with Crippen LogP contribution in [-0.4, -0.2) is 15.4 Å². The maximum Gasteiger partial charge on any atom is 0.115 e. The Labute approximate surface area is 67.8 Å². The van der Waals surface area contributed by atoms with Crippen LogP contribution in [0.5, 0.6) is 0 Å². The van der Waals surface area contributed by atoms with E-state index in [1.54, 1.807) is 12.1 Å². The van der Waals surface area contributed by atoms with Crippen LogP contribution in [0, 0.1) is 0 Å². The number of hydrogen-bond donors (Lipinski definition) is 1. The number of nitrogens with zero attached hydrogens (tertiary/aromatic N) is 3. The molecule has 1 aromatic carbocycles. The summed E-state index contributed by atoms with van der Waals surface area (Å²) in [7, 11) is 0. The van der Waals surface area contributed by atoms with Crippen LogP contribution in [-0.2, 0) is 12.4 Å². The lowest BCUT2D eigenvalue weighted by molar-refractivity contribution is 0.959. The fourth-order valence-corrected chi connectivity index (χ4v) is 0.999. The summed E-state index contributed by atoms with van der Waals surface area (Å²) in [6.07, 6.45) is 0. The molecule has 54 valence electrons. The molecule has 2 rings (SSSR count). The summed E-state index contributed by atoms with van der Waals surface area (Å²) in [6.45, 7) is 0. The second kappa shape index (κ2) is 2.35. The minimum Gasteiger partial charge on any atom is -0.197 e. The van der Waals surface area contributed by atoms with Gasteiger partial charge in [0.1, 0.15) is 11.0 Å². The van der Waals surface area contributed by atoms with Gasteiger partial charge in [-0.2, -0.15) is 19.8 Å². The Morgan fingerprint density at radius 1 is 1.27 bits per heavy atom. The molecule has 0 aliphatic carbocycles. The van der Waals surface area contributed by atoms with E-state index < -0.39 is 0 Å². The number of rotatable bonds is 1. The van der Waals surface area contributed by atoms with Crippen molar-refractivity contribution >= 4 is 29.1 Å². The van der Waals surface area contributed by atoms with Crippen molar-refractivity contribution in [3.63, 3.8) is 0 Å². The molecule has 1 N–H and O–H groups in total. The molecule has 4 nitrogen and oxygen atoms in total. The largest absolute Gasteiger partial charge is 0.197 e. The topological polar surface area (TPSA) is 53.9 Å². The summed E-state index contributed by atoms with van der Waals surface area (Å²) in [5.74, 6) is 0. The second-order valence-corrected chi connectivity index (χ2v) is 2.27. The van der Waals surface area contributed by atoms with E-state index in [0.29, 0.717) is 0 Å². The van der Waals surface area contributed by atoms with Crippen molar-refractivity contribution in [3.05, 3.63) is 18.2 Å². The monoisotopic (exact) mass is 164 g/mol. The molecule has 0 unspecified atom stereocenters. The minimum absolute atomic E-state index is 0.737. The van der Waals surface area contributed by atoms with Gasteiger partial charge in [-0.05, 0) is 18.2 Å². The van der Waals surface area contributed by atoms with Gasteiger partial charge in [0, 0.05) is 12.4 Å². The van der Waals surface area contributed by atoms with E-state index in [0.717, 1.165) is 16.7 Å². The lowest BCUT2D eigenvalue weighted by atomic mass is 10.3. The van der Waals surface area contributed by atoms with Crippen molar-refractivity contribution in [2.45, 2.75) is 0 Å². The molecule has 0 atom stereocenters. The van der Waals surface area contributed by atoms with Crippen molar-refractivity contribution in [2.75, 3.05) is 0 Å². The van der Waals surface area contributed by atoms with Crippen molar-refractivity contribution in [1.29, 1.82) is 0 Å². The number of benzene rings is 1. The average Bonchev–Trinajstić information content (AvgIpc) is 2.50. The molecular weight excluding hydrogens is 160 g/mol. The highest BCUT2D eigenvalue weighted by Gasteiger charge is 1.96. The molecule has 11 heavy (non-hydrogen) atoms. The van der Waals surface area contributed by atoms with Gasteiger partial charge in [0.25, 0.3) is 0 Å². The molecule has 2 aromatic rings. The first kappa shape index (κ1) is 6.36. The van der Waals surface area contributed by atoms with E-state index >= 15 is 0 Å². The van der Waals surface area contributed by atoms with Crippen molar-refractivity contribution in [3.8, 4) is 0 Å². The van der Waals surface area contributed by atoms with Gasteiger partial charge in [-0.15, -0.1) is 0 Å². The maximum absolute atomic E-state index is 4.52. The summed E-state index contributed by atoms with van der Waals surface area (Å²) in [5.41, 5.74) is 2.35.